The molecule has 3 heteroatoms. The molecule has 1 N–H and O–H groups in total. The van der Waals surface area contributed by atoms with Crippen molar-refractivity contribution in [3.63, 3.8) is 0 Å². The maximum atomic E-state index is 5.28. The fourth-order valence-electron chi connectivity index (χ4n) is 2.90. The van der Waals surface area contributed by atoms with Crippen molar-refractivity contribution in [2.75, 3.05) is 20.8 Å². The molecule has 0 saturated heterocycles. The molecule has 0 bridgehead atoms. The topological polar surface area (TPSA) is 30.5 Å². The van der Waals surface area contributed by atoms with Crippen molar-refractivity contribution in [2.24, 2.45) is 11.8 Å². The highest BCUT2D eigenvalue weighted by Crippen LogP contribution is 2.29. The van der Waals surface area contributed by atoms with Gasteiger partial charge < -0.3 is 14.8 Å². The fraction of sp³-hybridized carbons (Fsp3) is 0.625. The van der Waals surface area contributed by atoms with Crippen molar-refractivity contribution < 1.29 is 9.47 Å². The Morgan fingerprint density at radius 1 is 1.11 bits per heavy atom. The summed E-state index contributed by atoms with van der Waals surface area (Å²) in [5, 5.41) is 3.56. The van der Waals surface area contributed by atoms with Gasteiger partial charge in [-0.25, -0.2) is 0 Å². The van der Waals surface area contributed by atoms with Gasteiger partial charge in [-0.05, 0) is 48.9 Å². The van der Waals surface area contributed by atoms with Gasteiger partial charge in [0.1, 0.15) is 11.5 Å². The van der Waals surface area contributed by atoms with E-state index < -0.39 is 0 Å². The number of nitrogens with one attached hydrogen (secondary N) is 1. The zero-order chi connectivity index (χ0) is 13.7. The summed E-state index contributed by atoms with van der Waals surface area (Å²) >= 11 is 0. The Labute approximate surface area is 116 Å². The van der Waals surface area contributed by atoms with Crippen LogP contribution in [0.2, 0.25) is 0 Å². The van der Waals surface area contributed by atoms with Crippen LogP contribution in [-0.2, 0) is 6.54 Å². The molecule has 1 fully saturated rings. The van der Waals surface area contributed by atoms with Crippen molar-refractivity contribution in [1.29, 1.82) is 0 Å². The molecule has 1 aliphatic rings. The molecule has 0 heterocycles. The van der Waals surface area contributed by atoms with Crippen LogP contribution in [0.4, 0.5) is 0 Å². The van der Waals surface area contributed by atoms with Crippen LogP contribution in [-0.4, -0.2) is 20.8 Å². The van der Waals surface area contributed by atoms with Crippen LogP contribution in [0.3, 0.4) is 0 Å². The number of methoxy groups -OCH3 is 2. The maximum absolute atomic E-state index is 5.28. The quantitative estimate of drug-likeness (QED) is 0.854. The second kappa shape index (κ2) is 6.80. The van der Waals surface area contributed by atoms with Crippen molar-refractivity contribution in [3.05, 3.63) is 23.8 Å². The molecule has 106 valence electrons. The first-order valence-electron chi connectivity index (χ1n) is 7.14. The fourth-order valence-corrected chi connectivity index (χ4v) is 2.90. The Hall–Kier alpha value is -1.22. The zero-order valence-electron chi connectivity index (χ0n) is 12.2. The monoisotopic (exact) mass is 263 g/mol. The molecule has 19 heavy (non-hydrogen) atoms. The largest absolute Gasteiger partial charge is 0.497 e. The molecule has 3 nitrogen and oxygen atoms in total. The number of ether oxygens (including phenoxy) is 2. The summed E-state index contributed by atoms with van der Waals surface area (Å²) in [6, 6.07) is 6.03. The third kappa shape index (κ3) is 4.13. The minimum absolute atomic E-state index is 0.850. The molecule has 0 radical (unpaired) electrons. The lowest BCUT2D eigenvalue weighted by molar-refractivity contribution is 0.392. The summed E-state index contributed by atoms with van der Waals surface area (Å²) in [7, 11) is 3.37. The highest BCUT2D eigenvalue weighted by atomic mass is 16.5. The molecule has 2 unspecified atom stereocenters. The molecule has 2 rings (SSSR count). The lowest BCUT2D eigenvalue weighted by Crippen LogP contribution is -2.21. The summed E-state index contributed by atoms with van der Waals surface area (Å²) in [6.45, 7) is 4.34. The maximum Gasteiger partial charge on any atom is 0.122 e. The zero-order valence-corrected chi connectivity index (χ0v) is 12.2. The van der Waals surface area contributed by atoms with E-state index in [1.807, 2.05) is 6.07 Å². The lowest BCUT2D eigenvalue weighted by Gasteiger charge is -2.12. The second-order valence-corrected chi connectivity index (χ2v) is 5.64. The molecule has 1 aliphatic carbocycles. The van der Waals surface area contributed by atoms with Gasteiger partial charge in [0.25, 0.3) is 0 Å². The van der Waals surface area contributed by atoms with E-state index in [1.54, 1.807) is 14.2 Å². The Kier molecular flexibility index (Phi) is 5.08. The van der Waals surface area contributed by atoms with Gasteiger partial charge in [0.05, 0.1) is 14.2 Å². The summed E-state index contributed by atoms with van der Waals surface area (Å²) in [5.41, 5.74) is 1.21. The summed E-state index contributed by atoms with van der Waals surface area (Å²) < 4.78 is 10.6. The van der Waals surface area contributed by atoms with Gasteiger partial charge in [0.2, 0.25) is 0 Å². The van der Waals surface area contributed by atoms with Gasteiger partial charge in [-0.1, -0.05) is 13.3 Å². The lowest BCUT2D eigenvalue weighted by atomic mass is 10.1. The minimum Gasteiger partial charge on any atom is -0.497 e. The predicted octanol–water partition coefficient (Wildman–Crippen LogP) is 3.23. The number of rotatable bonds is 6. The molecule has 0 amide bonds. The Morgan fingerprint density at radius 2 is 1.79 bits per heavy atom. The van der Waals surface area contributed by atoms with Gasteiger partial charge in [-0.15, -0.1) is 0 Å². The van der Waals surface area contributed by atoms with Gasteiger partial charge in [0, 0.05) is 12.6 Å². The molecule has 1 aromatic carbocycles. The summed E-state index contributed by atoms with van der Waals surface area (Å²) in [5.74, 6) is 3.46. The highest BCUT2D eigenvalue weighted by molar-refractivity contribution is 5.38. The summed E-state index contributed by atoms with van der Waals surface area (Å²) in [6.07, 6.45) is 4.13. The first-order valence-corrected chi connectivity index (χ1v) is 7.14. The number of hydrogen-bond donors (Lipinski definition) is 1. The molecular formula is C16H25NO2. The van der Waals surface area contributed by atoms with E-state index in [9.17, 15) is 0 Å². The molecular weight excluding hydrogens is 238 g/mol. The molecule has 0 aliphatic heterocycles. The minimum atomic E-state index is 0.850. The van der Waals surface area contributed by atoms with Crippen LogP contribution in [0, 0.1) is 11.8 Å². The molecule has 2 atom stereocenters. The van der Waals surface area contributed by atoms with Crippen LogP contribution >= 0.6 is 0 Å². The van der Waals surface area contributed by atoms with Crippen LogP contribution in [0.1, 0.15) is 31.7 Å². The van der Waals surface area contributed by atoms with E-state index in [1.165, 1.54) is 24.8 Å². The molecule has 0 aromatic heterocycles. The average molecular weight is 263 g/mol. The van der Waals surface area contributed by atoms with Crippen LogP contribution < -0.4 is 14.8 Å². The molecule has 0 spiro atoms. The second-order valence-electron chi connectivity index (χ2n) is 5.64. The van der Waals surface area contributed by atoms with Crippen molar-refractivity contribution in [1.82, 2.24) is 5.32 Å². The van der Waals surface area contributed by atoms with E-state index in [0.717, 1.165) is 36.4 Å². The number of hydrogen-bond acceptors (Lipinski definition) is 3. The standard InChI is InChI=1S/C16H25NO2/c1-12-4-5-13(6-12)10-17-11-14-7-15(18-2)9-16(8-14)19-3/h7-9,12-13,17H,4-6,10-11H2,1-3H3. The number of benzene rings is 1. The summed E-state index contributed by atoms with van der Waals surface area (Å²) in [4.78, 5) is 0. The van der Waals surface area contributed by atoms with Crippen LogP contribution in [0.25, 0.3) is 0 Å². The van der Waals surface area contributed by atoms with Gasteiger partial charge in [-0.3, -0.25) is 0 Å². The van der Waals surface area contributed by atoms with Crippen molar-refractivity contribution >= 4 is 0 Å². The Balaban J connectivity index is 1.84. The Morgan fingerprint density at radius 3 is 2.32 bits per heavy atom. The normalized spacial score (nSPS) is 22.5. The predicted molar refractivity (Wildman–Crippen MR) is 77.8 cm³/mol. The van der Waals surface area contributed by atoms with Gasteiger partial charge in [0.15, 0.2) is 0 Å². The highest BCUT2D eigenvalue weighted by Gasteiger charge is 2.20. The average Bonchev–Trinajstić information content (AvgIpc) is 2.84. The van der Waals surface area contributed by atoms with Crippen LogP contribution in [0.15, 0.2) is 18.2 Å². The van der Waals surface area contributed by atoms with E-state index in [-0.39, 0.29) is 0 Å². The molecule has 1 saturated carbocycles. The van der Waals surface area contributed by atoms with E-state index in [2.05, 4.69) is 24.4 Å². The molecule has 1 aromatic rings. The van der Waals surface area contributed by atoms with Crippen LogP contribution in [0.5, 0.6) is 11.5 Å². The van der Waals surface area contributed by atoms with E-state index >= 15 is 0 Å². The first kappa shape index (κ1) is 14.2. The van der Waals surface area contributed by atoms with E-state index in [4.69, 9.17) is 9.47 Å². The third-order valence-electron chi connectivity index (χ3n) is 3.98. The van der Waals surface area contributed by atoms with Gasteiger partial charge in [-0.2, -0.15) is 0 Å². The van der Waals surface area contributed by atoms with Gasteiger partial charge >= 0.3 is 0 Å². The third-order valence-corrected chi connectivity index (χ3v) is 3.98. The smallest absolute Gasteiger partial charge is 0.122 e. The van der Waals surface area contributed by atoms with Crippen molar-refractivity contribution in [2.45, 2.75) is 32.7 Å². The first-order chi connectivity index (χ1) is 9.21. The van der Waals surface area contributed by atoms with Crippen molar-refractivity contribution in [3.8, 4) is 11.5 Å². The SMILES string of the molecule is COc1cc(CNCC2CCC(C)C2)cc(OC)c1. The Bertz CT molecular complexity index is 383. The van der Waals surface area contributed by atoms with E-state index in [0.29, 0.717) is 0 Å².